The summed E-state index contributed by atoms with van der Waals surface area (Å²) >= 11 is 5.96. The predicted octanol–water partition coefficient (Wildman–Crippen LogP) is 4.59. The average Bonchev–Trinajstić information content (AvgIpc) is 2.72. The SMILES string of the molecule is Oc1ccc(-c2cccnc2)cc1CN1CCC(O)(c2ccc(Cl)cc2)CC1. The minimum absolute atomic E-state index is 0.297. The number of phenols is 1. The van der Waals surface area contributed by atoms with Crippen LogP contribution in [0.4, 0.5) is 0 Å². The van der Waals surface area contributed by atoms with Gasteiger partial charge in [-0.2, -0.15) is 0 Å². The summed E-state index contributed by atoms with van der Waals surface area (Å²) in [4.78, 5) is 6.44. The number of piperidine rings is 1. The largest absolute Gasteiger partial charge is 0.508 e. The van der Waals surface area contributed by atoms with Crippen molar-refractivity contribution in [2.45, 2.75) is 25.0 Å². The van der Waals surface area contributed by atoms with Crippen LogP contribution in [0.1, 0.15) is 24.0 Å². The van der Waals surface area contributed by atoms with Crippen LogP contribution in [-0.2, 0) is 12.1 Å². The van der Waals surface area contributed by atoms with Crippen LogP contribution in [0.5, 0.6) is 5.75 Å². The van der Waals surface area contributed by atoms with Crippen molar-refractivity contribution < 1.29 is 10.2 Å². The van der Waals surface area contributed by atoms with Crippen molar-refractivity contribution >= 4 is 11.6 Å². The molecule has 3 aromatic rings. The molecular weight excluding hydrogens is 372 g/mol. The number of aromatic nitrogens is 1. The fourth-order valence-corrected chi connectivity index (χ4v) is 3.92. The van der Waals surface area contributed by atoms with Gasteiger partial charge in [0.25, 0.3) is 0 Å². The summed E-state index contributed by atoms with van der Waals surface area (Å²) in [6, 6.07) is 17.0. The molecule has 1 fully saturated rings. The lowest BCUT2D eigenvalue weighted by atomic mass is 9.84. The van der Waals surface area contributed by atoms with Crippen molar-refractivity contribution in [3.05, 3.63) is 83.1 Å². The van der Waals surface area contributed by atoms with Crippen molar-refractivity contribution in [1.82, 2.24) is 9.88 Å². The molecule has 0 spiro atoms. The summed E-state index contributed by atoms with van der Waals surface area (Å²) in [7, 11) is 0. The van der Waals surface area contributed by atoms with Gasteiger partial charge in [0, 0.05) is 48.2 Å². The second-order valence-electron chi connectivity index (χ2n) is 7.40. The Balaban J connectivity index is 1.46. The maximum absolute atomic E-state index is 11.0. The van der Waals surface area contributed by atoms with Gasteiger partial charge in [0.2, 0.25) is 0 Å². The van der Waals surface area contributed by atoms with Crippen LogP contribution in [0, 0.1) is 0 Å². The van der Waals surface area contributed by atoms with Gasteiger partial charge in [-0.05, 0) is 54.3 Å². The Hall–Kier alpha value is -2.40. The fraction of sp³-hybridized carbons (Fsp3) is 0.261. The molecule has 0 atom stereocenters. The Morgan fingerprint density at radius 3 is 2.43 bits per heavy atom. The fourth-order valence-electron chi connectivity index (χ4n) is 3.80. The third kappa shape index (κ3) is 4.04. The summed E-state index contributed by atoms with van der Waals surface area (Å²) in [6.45, 7) is 2.17. The summed E-state index contributed by atoms with van der Waals surface area (Å²) in [5, 5.41) is 22.0. The zero-order valence-electron chi connectivity index (χ0n) is 15.6. The highest BCUT2D eigenvalue weighted by atomic mass is 35.5. The number of benzene rings is 2. The van der Waals surface area contributed by atoms with E-state index in [4.69, 9.17) is 11.6 Å². The number of rotatable bonds is 4. The van der Waals surface area contributed by atoms with Crippen molar-refractivity contribution in [1.29, 1.82) is 0 Å². The van der Waals surface area contributed by atoms with Crippen molar-refractivity contribution in [3.63, 3.8) is 0 Å². The second kappa shape index (κ2) is 7.92. The van der Waals surface area contributed by atoms with Crippen LogP contribution in [0.25, 0.3) is 11.1 Å². The number of aromatic hydroxyl groups is 1. The van der Waals surface area contributed by atoms with Crippen molar-refractivity contribution in [3.8, 4) is 16.9 Å². The first-order valence-corrected chi connectivity index (χ1v) is 9.84. The molecule has 0 amide bonds. The Kier molecular flexibility index (Phi) is 5.36. The van der Waals surface area contributed by atoms with Crippen LogP contribution in [0.2, 0.25) is 5.02 Å². The molecular formula is C23H23ClN2O2. The molecule has 1 aliphatic heterocycles. The van der Waals surface area contributed by atoms with E-state index in [1.54, 1.807) is 12.3 Å². The monoisotopic (exact) mass is 394 g/mol. The van der Waals surface area contributed by atoms with E-state index in [-0.39, 0.29) is 0 Å². The zero-order chi connectivity index (χ0) is 19.6. The third-order valence-electron chi connectivity index (χ3n) is 5.53. The van der Waals surface area contributed by atoms with E-state index >= 15 is 0 Å². The molecule has 5 heteroatoms. The Bertz CT molecular complexity index is 937. The van der Waals surface area contributed by atoms with Gasteiger partial charge in [-0.15, -0.1) is 0 Å². The van der Waals surface area contributed by atoms with Gasteiger partial charge in [-0.3, -0.25) is 9.88 Å². The van der Waals surface area contributed by atoms with Crippen LogP contribution < -0.4 is 0 Å². The topological polar surface area (TPSA) is 56.6 Å². The molecule has 4 nitrogen and oxygen atoms in total. The van der Waals surface area contributed by atoms with E-state index in [2.05, 4.69) is 9.88 Å². The zero-order valence-corrected chi connectivity index (χ0v) is 16.3. The molecule has 28 heavy (non-hydrogen) atoms. The van der Waals surface area contributed by atoms with Gasteiger partial charge in [0.05, 0.1) is 5.60 Å². The van der Waals surface area contributed by atoms with Gasteiger partial charge in [0.15, 0.2) is 0 Å². The van der Waals surface area contributed by atoms with Gasteiger partial charge < -0.3 is 10.2 Å². The number of aliphatic hydroxyl groups is 1. The number of pyridine rings is 1. The van der Waals surface area contributed by atoms with E-state index < -0.39 is 5.60 Å². The number of hydrogen-bond acceptors (Lipinski definition) is 4. The summed E-state index contributed by atoms with van der Waals surface area (Å²) in [5.41, 5.74) is 3.05. The van der Waals surface area contributed by atoms with Gasteiger partial charge in [-0.1, -0.05) is 35.9 Å². The number of nitrogens with zero attached hydrogens (tertiary/aromatic N) is 2. The highest BCUT2D eigenvalue weighted by molar-refractivity contribution is 6.30. The molecule has 0 saturated carbocycles. The van der Waals surface area contributed by atoms with Crippen molar-refractivity contribution in [2.24, 2.45) is 0 Å². The van der Waals surface area contributed by atoms with Gasteiger partial charge in [-0.25, -0.2) is 0 Å². The van der Waals surface area contributed by atoms with Crippen LogP contribution in [-0.4, -0.2) is 33.2 Å². The lowest BCUT2D eigenvalue weighted by Crippen LogP contribution is -2.42. The first-order valence-electron chi connectivity index (χ1n) is 9.47. The molecule has 1 saturated heterocycles. The predicted molar refractivity (Wildman–Crippen MR) is 111 cm³/mol. The van der Waals surface area contributed by atoms with Crippen LogP contribution in [0.15, 0.2) is 67.0 Å². The number of halogens is 1. The smallest absolute Gasteiger partial charge is 0.120 e. The first-order chi connectivity index (χ1) is 13.5. The molecule has 0 aliphatic carbocycles. The number of phenolic OH excluding ortho intramolecular Hbond substituents is 1. The van der Waals surface area contributed by atoms with E-state index in [9.17, 15) is 10.2 Å². The first kappa shape index (κ1) is 18.9. The number of likely N-dealkylation sites (tertiary alicyclic amines) is 1. The minimum atomic E-state index is -0.819. The molecule has 2 heterocycles. The molecule has 1 aliphatic rings. The van der Waals surface area contributed by atoms with E-state index in [0.29, 0.717) is 30.2 Å². The lowest BCUT2D eigenvalue weighted by molar-refractivity contribution is -0.0278. The molecule has 1 aromatic heterocycles. The molecule has 4 rings (SSSR count). The van der Waals surface area contributed by atoms with Crippen LogP contribution >= 0.6 is 11.6 Å². The molecule has 0 unspecified atom stereocenters. The van der Waals surface area contributed by atoms with Crippen molar-refractivity contribution in [2.75, 3.05) is 13.1 Å². The molecule has 0 radical (unpaired) electrons. The Labute approximate surface area is 170 Å². The summed E-state index contributed by atoms with van der Waals surface area (Å²) in [5.74, 6) is 0.297. The second-order valence-corrected chi connectivity index (χ2v) is 7.84. The average molecular weight is 395 g/mol. The Morgan fingerprint density at radius 1 is 1.00 bits per heavy atom. The van der Waals surface area contributed by atoms with E-state index in [1.165, 1.54) is 0 Å². The maximum Gasteiger partial charge on any atom is 0.120 e. The standard InChI is InChI=1S/C23H23ClN2O2/c24-21-6-4-20(5-7-21)23(28)9-12-26(13-10-23)16-19-14-17(3-8-22(19)27)18-2-1-11-25-15-18/h1-8,11,14-15,27-28H,9-10,12-13,16H2. The molecule has 2 aromatic carbocycles. The van der Waals surface area contributed by atoms with E-state index in [1.807, 2.05) is 54.7 Å². The molecule has 2 N–H and O–H groups in total. The number of hydrogen-bond donors (Lipinski definition) is 2. The van der Waals surface area contributed by atoms with Crippen LogP contribution in [0.3, 0.4) is 0 Å². The maximum atomic E-state index is 11.0. The highest BCUT2D eigenvalue weighted by Crippen LogP contribution is 2.35. The summed E-state index contributed by atoms with van der Waals surface area (Å²) < 4.78 is 0. The Morgan fingerprint density at radius 2 is 1.75 bits per heavy atom. The minimum Gasteiger partial charge on any atom is -0.508 e. The normalized spacial score (nSPS) is 16.8. The van der Waals surface area contributed by atoms with Gasteiger partial charge >= 0.3 is 0 Å². The van der Waals surface area contributed by atoms with E-state index in [0.717, 1.165) is 35.3 Å². The highest BCUT2D eigenvalue weighted by Gasteiger charge is 2.34. The third-order valence-corrected chi connectivity index (χ3v) is 5.79. The van der Waals surface area contributed by atoms with Gasteiger partial charge in [0.1, 0.15) is 5.75 Å². The molecule has 144 valence electrons. The quantitative estimate of drug-likeness (QED) is 0.679. The lowest BCUT2D eigenvalue weighted by Gasteiger charge is -2.38. The molecule has 0 bridgehead atoms. The summed E-state index contributed by atoms with van der Waals surface area (Å²) in [6.07, 6.45) is 4.87.